The number of rotatable bonds is 3. The van der Waals surface area contributed by atoms with E-state index >= 15 is 0 Å². The van der Waals surface area contributed by atoms with E-state index < -0.39 is 0 Å². The highest BCUT2D eigenvalue weighted by atomic mass is 32.1. The predicted molar refractivity (Wildman–Crippen MR) is 92.2 cm³/mol. The van der Waals surface area contributed by atoms with Gasteiger partial charge in [0.2, 0.25) is 11.8 Å². The van der Waals surface area contributed by atoms with Gasteiger partial charge in [0.25, 0.3) is 0 Å². The molecule has 0 amide bonds. The summed E-state index contributed by atoms with van der Waals surface area (Å²) in [4.78, 5) is 1.06. The molecule has 1 aliphatic heterocycles. The van der Waals surface area contributed by atoms with Gasteiger partial charge >= 0.3 is 0 Å². The van der Waals surface area contributed by atoms with E-state index in [0.717, 1.165) is 21.7 Å². The van der Waals surface area contributed by atoms with Crippen LogP contribution in [0.25, 0.3) is 10.6 Å². The Morgan fingerprint density at radius 1 is 1.25 bits per heavy atom. The van der Waals surface area contributed by atoms with Gasteiger partial charge in [-0.15, -0.1) is 16.4 Å². The molecular weight excluding hydrogens is 320 g/mol. The van der Waals surface area contributed by atoms with Gasteiger partial charge in [-0.3, -0.25) is 5.10 Å². The van der Waals surface area contributed by atoms with Crippen LogP contribution in [0.15, 0.2) is 59.3 Å². The summed E-state index contributed by atoms with van der Waals surface area (Å²) in [6.45, 7) is 0. The lowest BCUT2D eigenvalue weighted by molar-refractivity contribution is 0.374. The molecule has 1 aliphatic rings. The average Bonchev–Trinajstić information content (AvgIpc) is 3.24. The fraction of sp³-hybridized carbons (Fsp3) is 0.111. The monoisotopic (exact) mass is 334 g/mol. The molecule has 1 atom stereocenters. The van der Waals surface area contributed by atoms with Gasteiger partial charge in [0.05, 0.1) is 21.7 Å². The van der Waals surface area contributed by atoms with Crippen molar-refractivity contribution in [2.24, 2.45) is 5.73 Å². The second-order valence-corrected chi connectivity index (χ2v) is 6.48. The van der Waals surface area contributed by atoms with Crippen LogP contribution in [0.3, 0.4) is 0 Å². The van der Waals surface area contributed by atoms with Gasteiger partial charge in [-0.2, -0.15) is 5.26 Å². The van der Waals surface area contributed by atoms with Crippen molar-refractivity contribution in [1.82, 2.24) is 10.2 Å². The largest absolute Gasteiger partial charge is 0.420 e. The van der Waals surface area contributed by atoms with Crippen molar-refractivity contribution >= 4 is 11.3 Å². The van der Waals surface area contributed by atoms with Crippen LogP contribution >= 0.6 is 11.3 Å². The van der Waals surface area contributed by atoms with Crippen LogP contribution in [0.1, 0.15) is 17.0 Å². The van der Waals surface area contributed by atoms with Crippen molar-refractivity contribution in [3.05, 3.63) is 70.4 Å². The molecule has 6 heteroatoms. The maximum absolute atomic E-state index is 9.60. The third-order valence-electron chi connectivity index (χ3n) is 4.11. The first-order valence-corrected chi connectivity index (χ1v) is 8.39. The molecule has 3 N–H and O–H groups in total. The minimum atomic E-state index is -0.183. The zero-order chi connectivity index (χ0) is 16.5. The molecule has 2 aromatic heterocycles. The van der Waals surface area contributed by atoms with Gasteiger partial charge < -0.3 is 10.5 Å². The molecule has 1 aromatic carbocycles. The van der Waals surface area contributed by atoms with Crippen molar-refractivity contribution in [3.63, 3.8) is 0 Å². The van der Waals surface area contributed by atoms with Crippen molar-refractivity contribution in [2.75, 3.05) is 0 Å². The quantitative estimate of drug-likeness (QED) is 0.767. The molecule has 4 rings (SSSR count). The topological polar surface area (TPSA) is 87.7 Å². The average molecular weight is 334 g/mol. The fourth-order valence-corrected chi connectivity index (χ4v) is 3.74. The maximum atomic E-state index is 9.60. The van der Waals surface area contributed by atoms with E-state index in [1.807, 2.05) is 47.8 Å². The van der Waals surface area contributed by atoms with E-state index in [1.54, 1.807) is 11.3 Å². The standard InChI is InChI=1S/C18H14N4OS/c19-10-13-12(9-11-5-2-1-3-6-11)15-16(14-7-4-8-24-14)21-22-18(15)23-17(13)20/h1-8,12H,9,20H2,(H,21,22)/t12-/m0/s1. The number of nitrogens with zero attached hydrogens (tertiary/aromatic N) is 2. The summed E-state index contributed by atoms with van der Waals surface area (Å²) in [5, 5.41) is 18.9. The number of fused-ring (bicyclic) bond motifs is 1. The molecule has 24 heavy (non-hydrogen) atoms. The molecule has 118 valence electrons. The molecular formula is C18H14N4OS. The van der Waals surface area contributed by atoms with Crippen molar-refractivity contribution < 1.29 is 4.74 Å². The Kier molecular flexibility index (Phi) is 3.56. The molecule has 3 heterocycles. The summed E-state index contributed by atoms with van der Waals surface area (Å²) in [6.07, 6.45) is 0.665. The predicted octanol–water partition coefficient (Wildman–Crippen LogP) is 3.55. The lowest BCUT2D eigenvalue weighted by Gasteiger charge is -2.23. The first kappa shape index (κ1) is 14.5. The normalized spacial score (nSPS) is 16.4. The van der Waals surface area contributed by atoms with E-state index in [4.69, 9.17) is 10.5 Å². The number of aromatic nitrogens is 2. The van der Waals surface area contributed by atoms with Crippen LogP contribution < -0.4 is 10.5 Å². The number of nitrogens with one attached hydrogen (secondary N) is 1. The molecule has 0 bridgehead atoms. The molecule has 5 nitrogen and oxygen atoms in total. The van der Waals surface area contributed by atoms with Gasteiger partial charge in [-0.05, 0) is 23.4 Å². The number of nitriles is 1. The van der Waals surface area contributed by atoms with Crippen LogP contribution in [-0.4, -0.2) is 10.2 Å². The molecule has 0 unspecified atom stereocenters. The van der Waals surface area contributed by atoms with Crippen LogP contribution in [0.2, 0.25) is 0 Å². The molecule has 0 radical (unpaired) electrons. The number of nitrogens with two attached hydrogens (primary N) is 1. The minimum absolute atomic E-state index is 0.134. The molecule has 0 saturated carbocycles. The maximum Gasteiger partial charge on any atom is 0.244 e. The number of allylic oxidation sites excluding steroid dienone is 1. The minimum Gasteiger partial charge on any atom is -0.420 e. The van der Waals surface area contributed by atoms with Crippen LogP contribution in [-0.2, 0) is 6.42 Å². The number of aromatic amines is 1. The number of thiophene rings is 1. The van der Waals surface area contributed by atoms with Crippen LogP contribution in [0, 0.1) is 11.3 Å². The first-order chi connectivity index (χ1) is 11.8. The second kappa shape index (κ2) is 5.87. The van der Waals surface area contributed by atoms with E-state index in [-0.39, 0.29) is 11.8 Å². The summed E-state index contributed by atoms with van der Waals surface area (Å²) in [5.74, 6) is 0.406. The van der Waals surface area contributed by atoms with Gasteiger partial charge in [0.1, 0.15) is 6.07 Å². The number of H-pyrrole nitrogens is 1. The summed E-state index contributed by atoms with van der Waals surface area (Å²) < 4.78 is 5.58. The first-order valence-electron chi connectivity index (χ1n) is 7.51. The molecule has 0 aliphatic carbocycles. The highest BCUT2D eigenvalue weighted by Crippen LogP contribution is 2.44. The Balaban J connectivity index is 1.84. The summed E-state index contributed by atoms with van der Waals surface area (Å²) in [7, 11) is 0. The van der Waals surface area contributed by atoms with E-state index in [2.05, 4.69) is 16.3 Å². The summed E-state index contributed by atoms with van der Waals surface area (Å²) in [6, 6.07) is 16.3. The second-order valence-electron chi connectivity index (χ2n) is 5.53. The SMILES string of the molecule is N#CC1=C(N)Oc2n[nH]c(-c3cccs3)c2[C@H]1Cc1ccccc1. The van der Waals surface area contributed by atoms with Crippen LogP contribution in [0.4, 0.5) is 0 Å². The molecule has 3 aromatic rings. The smallest absolute Gasteiger partial charge is 0.244 e. The fourth-order valence-electron chi connectivity index (χ4n) is 3.01. The van der Waals surface area contributed by atoms with Crippen LogP contribution in [0.5, 0.6) is 5.88 Å². The summed E-state index contributed by atoms with van der Waals surface area (Å²) in [5.41, 5.74) is 9.33. The van der Waals surface area contributed by atoms with Gasteiger partial charge in [-0.25, -0.2) is 0 Å². The van der Waals surface area contributed by atoms with Gasteiger partial charge in [0.15, 0.2) is 0 Å². The number of ether oxygens (including phenoxy) is 1. The number of hydrogen-bond donors (Lipinski definition) is 2. The van der Waals surface area contributed by atoms with Gasteiger partial charge in [-0.1, -0.05) is 36.4 Å². The zero-order valence-corrected chi connectivity index (χ0v) is 13.5. The Morgan fingerprint density at radius 2 is 2.08 bits per heavy atom. The Bertz CT molecular complexity index is 935. The van der Waals surface area contributed by atoms with E-state index in [9.17, 15) is 5.26 Å². The number of benzene rings is 1. The Labute approximate surface area is 143 Å². The lowest BCUT2D eigenvalue weighted by atomic mass is 9.84. The van der Waals surface area contributed by atoms with E-state index in [1.165, 1.54) is 0 Å². The zero-order valence-electron chi connectivity index (χ0n) is 12.7. The molecule has 0 saturated heterocycles. The van der Waals surface area contributed by atoms with Crippen molar-refractivity contribution in [3.8, 4) is 22.5 Å². The number of hydrogen-bond acceptors (Lipinski definition) is 5. The Hall–Kier alpha value is -3.04. The highest BCUT2D eigenvalue weighted by Gasteiger charge is 2.34. The van der Waals surface area contributed by atoms with E-state index in [0.29, 0.717) is 17.9 Å². The third kappa shape index (κ3) is 2.36. The van der Waals surface area contributed by atoms with Gasteiger partial charge in [0, 0.05) is 5.92 Å². The summed E-state index contributed by atoms with van der Waals surface area (Å²) >= 11 is 1.61. The van der Waals surface area contributed by atoms with Crippen molar-refractivity contribution in [1.29, 1.82) is 5.26 Å². The molecule has 0 fully saturated rings. The van der Waals surface area contributed by atoms with Crippen molar-refractivity contribution in [2.45, 2.75) is 12.3 Å². The molecule has 0 spiro atoms. The highest BCUT2D eigenvalue weighted by molar-refractivity contribution is 7.13. The lowest BCUT2D eigenvalue weighted by Crippen LogP contribution is -2.21. The Morgan fingerprint density at radius 3 is 2.79 bits per heavy atom. The third-order valence-corrected chi connectivity index (χ3v) is 5.00.